The molecule has 0 heterocycles. The lowest BCUT2D eigenvalue weighted by Crippen LogP contribution is -2.46. The third-order valence-electron chi connectivity index (χ3n) is 5.33. The number of hydrogen-bond acceptors (Lipinski definition) is 3. The van der Waals surface area contributed by atoms with Crippen LogP contribution in [-0.4, -0.2) is 30.0 Å². The Bertz CT molecular complexity index is 316. The van der Waals surface area contributed by atoms with Crippen molar-refractivity contribution in [3.63, 3.8) is 0 Å². The molecule has 1 amide bonds. The van der Waals surface area contributed by atoms with Gasteiger partial charge < -0.3 is 11.1 Å². The van der Waals surface area contributed by atoms with Crippen molar-refractivity contribution in [2.24, 2.45) is 17.6 Å². The molecule has 0 saturated heterocycles. The highest BCUT2D eigenvalue weighted by atomic mass is 32.2. The molecule has 2 saturated carbocycles. The molecule has 0 radical (unpaired) electrons. The van der Waals surface area contributed by atoms with Crippen LogP contribution in [0.15, 0.2) is 0 Å². The second-order valence-electron chi connectivity index (χ2n) is 6.55. The number of amides is 1. The Morgan fingerprint density at radius 3 is 2.55 bits per heavy atom. The van der Waals surface area contributed by atoms with Crippen molar-refractivity contribution in [2.45, 2.75) is 62.5 Å². The summed E-state index contributed by atoms with van der Waals surface area (Å²) in [6.45, 7) is 1.51. The first-order chi connectivity index (χ1) is 9.71. The monoisotopic (exact) mass is 298 g/mol. The normalized spacial score (nSPS) is 29.9. The lowest BCUT2D eigenvalue weighted by Gasteiger charge is -2.37. The van der Waals surface area contributed by atoms with E-state index in [1.165, 1.54) is 44.9 Å². The Hall–Kier alpha value is -0.220. The van der Waals surface area contributed by atoms with Crippen LogP contribution in [0, 0.1) is 11.8 Å². The van der Waals surface area contributed by atoms with Crippen molar-refractivity contribution in [1.82, 2.24) is 5.32 Å². The highest BCUT2D eigenvalue weighted by Gasteiger charge is 2.34. The second-order valence-corrected chi connectivity index (χ2v) is 7.83. The molecule has 2 unspecified atom stereocenters. The maximum atomic E-state index is 12.5. The Morgan fingerprint density at radius 1 is 1.20 bits per heavy atom. The zero-order chi connectivity index (χ0) is 14.4. The summed E-state index contributed by atoms with van der Waals surface area (Å²) >= 11 is 1.95. The van der Waals surface area contributed by atoms with Crippen molar-refractivity contribution < 1.29 is 4.79 Å². The highest BCUT2D eigenvalue weighted by molar-refractivity contribution is 8.00. The van der Waals surface area contributed by atoms with Crippen molar-refractivity contribution in [2.75, 3.05) is 19.3 Å². The third kappa shape index (κ3) is 3.91. The molecule has 0 aromatic carbocycles. The minimum atomic E-state index is 0.163. The summed E-state index contributed by atoms with van der Waals surface area (Å²) in [4.78, 5) is 12.5. The highest BCUT2D eigenvalue weighted by Crippen LogP contribution is 2.38. The molecular weight excluding hydrogens is 268 g/mol. The van der Waals surface area contributed by atoms with E-state index in [4.69, 9.17) is 5.73 Å². The van der Waals surface area contributed by atoms with Crippen molar-refractivity contribution in [3.8, 4) is 0 Å². The number of rotatable bonds is 5. The molecular formula is C16H30N2OS. The Morgan fingerprint density at radius 2 is 1.90 bits per heavy atom. The van der Waals surface area contributed by atoms with Crippen LogP contribution in [0.1, 0.15) is 57.8 Å². The topological polar surface area (TPSA) is 55.1 Å². The number of thioether (sulfide) groups is 1. The van der Waals surface area contributed by atoms with Crippen LogP contribution in [0.5, 0.6) is 0 Å². The maximum absolute atomic E-state index is 12.5. The Kier molecular flexibility index (Phi) is 6.21. The summed E-state index contributed by atoms with van der Waals surface area (Å²) in [6, 6.07) is 0. The van der Waals surface area contributed by atoms with Gasteiger partial charge in [-0.15, -0.1) is 0 Å². The summed E-state index contributed by atoms with van der Waals surface area (Å²) in [7, 11) is 0. The van der Waals surface area contributed by atoms with E-state index in [0.29, 0.717) is 17.2 Å². The molecule has 0 aromatic rings. The van der Waals surface area contributed by atoms with Crippen LogP contribution in [0.2, 0.25) is 0 Å². The fourth-order valence-corrected chi connectivity index (χ4v) is 4.78. The van der Waals surface area contributed by atoms with Gasteiger partial charge >= 0.3 is 0 Å². The van der Waals surface area contributed by atoms with Gasteiger partial charge in [0, 0.05) is 17.2 Å². The first-order valence-corrected chi connectivity index (χ1v) is 9.46. The second kappa shape index (κ2) is 7.69. The van der Waals surface area contributed by atoms with E-state index in [1.807, 2.05) is 11.8 Å². The summed E-state index contributed by atoms with van der Waals surface area (Å²) in [5.41, 5.74) is 5.84. The van der Waals surface area contributed by atoms with E-state index in [1.54, 1.807) is 0 Å². The smallest absolute Gasteiger partial charge is 0.223 e. The molecule has 0 bridgehead atoms. The molecule has 2 rings (SSSR count). The molecule has 2 aliphatic carbocycles. The molecule has 116 valence electrons. The van der Waals surface area contributed by atoms with Gasteiger partial charge in [0.1, 0.15) is 0 Å². The van der Waals surface area contributed by atoms with Crippen LogP contribution >= 0.6 is 11.8 Å². The largest absolute Gasteiger partial charge is 0.354 e. The van der Waals surface area contributed by atoms with Gasteiger partial charge in [-0.25, -0.2) is 0 Å². The van der Waals surface area contributed by atoms with Gasteiger partial charge in [0.05, 0.1) is 0 Å². The van der Waals surface area contributed by atoms with Crippen LogP contribution in [-0.2, 0) is 4.79 Å². The number of carbonyl (C=O) groups is 1. The van der Waals surface area contributed by atoms with Gasteiger partial charge in [-0.1, -0.05) is 32.1 Å². The van der Waals surface area contributed by atoms with Crippen LogP contribution < -0.4 is 11.1 Å². The van der Waals surface area contributed by atoms with E-state index >= 15 is 0 Å². The fraction of sp³-hybridized carbons (Fsp3) is 0.938. The van der Waals surface area contributed by atoms with Gasteiger partial charge in [0.15, 0.2) is 0 Å². The van der Waals surface area contributed by atoms with Crippen molar-refractivity contribution >= 4 is 17.7 Å². The van der Waals surface area contributed by atoms with E-state index < -0.39 is 0 Å². The minimum absolute atomic E-state index is 0.163. The van der Waals surface area contributed by atoms with Gasteiger partial charge in [-0.3, -0.25) is 4.79 Å². The zero-order valence-electron chi connectivity index (χ0n) is 12.8. The Labute approximate surface area is 127 Å². The number of carbonyl (C=O) groups excluding carboxylic acids is 1. The summed E-state index contributed by atoms with van der Waals surface area (Å²) in [6.07, 6.45) is 13.2. The number of hydrogen-bond donors (Lipinski definition) is 2. The molecule has 4 heteroatoms. The fourth-order valence-electron chi connectivity index (χ4n) is 3.86. The van der Waals surface area contributed by atoms with Crippen molar-refractivity contribution in [1.29, 1.82) is 0 Å². The molecule has 0 aromatic heterocycles. The average molecular weight is 298 g/mol. The van der Waals surface area contributed by atoms with Gasteiger partial charge in [-0.2, -0.15) is 11.8 Å². The van der Waals surface area contributed by atoms with E-state index in [-0.39, 0.29) is 11.8 Å². The van der Waals surface area contributed by atoms with Crippen LogP contribution in [0.3, 0.4) is 0 Å². The van der Waals surface area contributed by atoms with E-state index in [9.17, 15) is 4.79 Å². The molecule has 3 N–H and O–H groups in total. The quantitative estimate of drug-likeness (QED) is 0.820. The van der Waals surface area contributed by atoms with Gasteiger partial charge in [0.25, 0.3) is 0 Å². The maximum Gasteiger partial charge on any atom is 0.223 e. The number of nitrogens with two attached hydrogens (primary N) is 1. The lowest BCUT2D eigenvalue weighted by atomic mass is 9.78. The van der Waals surface area contributed by atoms with E-state index in [0.717, 1.165) is 19.4 Å². The van der Waals surface area contributed by atoms with Gasteiger partial charge in [-0.05, 0) is 44.4 Å². The predicted molar refractivity (Wildman–Crippen MR) is 86.8 cm³/mol. The molecule has 2 atom stereocenters. The molecule has 2 fully saturated rings. The molecule has 0 aliphatic heterocycles. The summed E-state index contributed by atoms with van der Waals surface area (Å²) in [5, 5.41) is 3.26. The molecule has 2 aliphatic rings. The third-order valence-corrected chi connectivity index (χ3v) is 6.75. The lowest BCUT2D eigenvalue weighted by molar-refractivity contribution is -0.127. The minimum Gasteiger partial charge on any atom is -0.354 e. The zero-order valence-corrected chi connectivity index (χ0v) is 13.6. The summed E-state index contributed by atoms with van der Waals surface area (Å²) < 4.78 is 0.292. The standard InChI is InChI=1S/C16H30N2OS/c1-20-16(9-5-2-6-10-16)12-18-15(19)14-8-4-3-7-13(14)11-17/h13-14H,2-12,17H2,1H3,(H,18,19). The molecule has 3 nitrogen and oxygen atoms in total. The van der Waals surface area contributed by atoms with Crippen LogP contribution in [0.25, 0.3) is 0 Å². The predicted octanol–water partition coefficient (Wildman–Crippen LogP) is 2.93. The van der Waals surface area contributed by atoms with Crippen molar-refractivity contribution in [3.05, 3.63) is 0 Å². The first-order valence-electron chi connectivity index (χ1n) is 8.24. The average Bonchev–Trinajstić information content (AvgIpc) is 2.53. The van der Waals surface area contributed by atoms with Gasteiger partial charge in [0.2, 0.25) is 5.91 Å². The Balaban J connectivity index is 1.86. The molecule has 0 spiro atoms. The summed E-state index contributed by atoms with van der Waals surface area (Å²) in [5.74, 6) is 0.829. The van der Waals surface area contributed by atoms with Crippen LogP contribution in [0.4, 0.5) is 0 Å². The first kappa shape index (κ1) is 16.2. The molecule has 20 heavy (non-hydrogen) atoms. The number of nitrogens with one attached hydrogen (secondary N) is 1. The van der Waals surface area contributed by atoms with E-state index in [2.05, 4.69) is 11.6 Å². The SMILES string of the molecule is CSC1(CNC(=O)C2CCCCC2CN)CCCCC1.